The number of thioether (sulfide) groups is 1. The zero-order chi connectivity index (χ0) is 15.5. The van der Waals surface area contributed by atoms with E-state index in [9.17, 15) is 4.79 Å². The molecular formula is C17H20N2O2S. The van der Waals surface area contributed by atoms with E-state index >= 15 is 0 Å². The molecule has 1 aliphatic heterocycles. The Morgan fingerprint density at radius 1 is 1.36 bits per heavy atom. The third-order valence-corrected chi connectivity index (χ3v) is 5.02. The standard InChI is InChI=1S/C17H20N2O2S/c1-3-13-6-4-5-7-14(13)18-17(20)19-10-11-22-16(19)15-9-8-12(2)21-15/h4-9,16H,3,10-11H2,1-2H3,(H,18,20)/t16-/m1/s1. The van der Waals surface area contributed by atoms with E-state index in [4.69, 9.17) is 4.42 Å². The Morgan fingerprint density at radius 3 is 2.91 bits per heavy atom. The van der Waals surface area contributed by atoms with E-state index in [-0.39, 0.29) is 11.4 Å². The molecule has 1 N–H and O–H groups in total. The molecule has 22 heavy (non-hydrogen) atoms. The van der Waals surface area contributed by atoms with E-state index in [1.807, 2.05) is 48.2 Å². The predicted octanol–water partition coefficient (Wildman–Crippen LogP) is 4.43. The van der Waals surface area contributed by atoms with Gasteiger partial charge in [-0.2, -0.15) is 0 Å². The van der Waals surface area contributed by atoms with Crippen LogP contribution in [0.25, 0.3) is 0 Å². The van der Waals surface area contributed by atoms with Crippen LogP contribution in [0.5, 0.6) is 0 Å². The summed E-state index contributed by atoms with van der Waals surface area (Å²) in [5.74, 6) is 2.64. The molecule has 0 radical (unpaired) electrons. The molecule has 0 aliphatic carbocycles. The van der Waals surface area contributed by atoms with Gasteiger partial charge in [0, 0.05) is 18.0 Å². The summed E-state index contributed by atoms with van der Waals surface area (Å²) in [5, 5.41) is 3.00. The lowest BCUT2D eigenvalue weighted by Gasteiger charge is -2.23. The maximum atomic E-state index is 12.6. The van der Waals surface area contributed by atoms with Gasteiger partial charge in [0.05, 0.1) is 0 Å². The molecule has 1 atom stereocenters. The summed E-state index contributed by atoms with van der Waals surface area (Å²) >= 11 is 1.74. The highest BCUT2D eigenvalue weighted by atomic mass is 32.2. The van der Waals surface area contributed by atoms with E-state index in [0.717, 1.165) is 41.5 Å². The summed E-state index contributed by atoms with van der Waals surface area (Å²) in [7, 11) is 0. The average Bonchev–Trinajstić information content (AvgIpc) is 3.16. The minimum atomic E-state index is -0.0649. The molecular weight excluding hydrogens is 296 g/mol. The smallest absolute Gasteiger partial charge is 0.323 e. The topological polar surface area (TPSA) is 45.5 Å². The molecule has 0 unspecified atom stereocenters. The first-order chi connectivity index (χ1) is 10.7. The number of carbonyl (C=O) groups excluding carboxylic acids is 1. The fraction of sp³-hybridized carbons (Fsp3) is 0.353. The van der Waals surface area contributed by atoms with Crippen molar-refractivity contribution in [3.63, 3.8) is 0 Å². The summed E-state index contributed by atoms with van der Waals surface area (Å²) in [6, 6.07) is 11.8. The van der Waals surface area contributed by atoms with Crippen LogP contribution in [0.4, 0.5) is 10.5 Å². The first kappa shape index (κ1) is 15.0. The van der Waals surface area contributed by atoms with Crippen LogP contribution in [-0.2, 0) is 6.42 Å². The quantitative estimate of drug-likeness (QED) is 0.911. The van der Waals surface area contributed by atoms with Crippen molar-refractivity contribution in [2.45, 2.75) is 25.6 Å². The summed E-state index contributed by atoms with van der Waals surface area (Å²) in [6.45, 7) is 4.74. The van der Waals surface area contributed by atoms with Crippen LogP contribution in [0.1, 0.15) is 29.4 Å². The van der Waals surface area contributed by atoms with Crippen molar-refractivity contribution in [1.82, 2.24) is 4.90 Å². The summed E-state index contributed by atoms with van der Waals surface area (Å²) < 4.78 is 5.70. The number of amides is 2. The Balaban J connectivity index is 1.76. The second-order valence-electron chi connectivity index (χ2n) is 5.31. The van der Waals surface area contributed by atoms with Gasteiger partial charge < -0.3 is 14.6 Å². The number of hydrogen-bond donors (Lipinski definition) is 1. The monoisotopic (exact) mass is 316 g/mol. The SMILES string of the molecule is CCc1ccccc1NC(=O)N1CCS[C@@H]1c1ccc(C)o1. The second kappa shape index (κ2) is 6.48. The number of hydrogen-bond acceptors (Lipinski definition) is 3. The van der Waals surface area contributed by atoms with Crippen LogP contribution in [-0.4, -0.2) is 23.2 Å². The van der Waals surface area contributed by atoms with Crippen molar-refractivity contribution in [2.24, 2.45) is 0 Å². The minimum absolute atomic E-state index is 0.0394. The fourth-order valence-electron chi connectivity index (χ4n) is 2.64. The maximum Gasteiger partial charge on any atom is 0.323 e. The largest absolute Gasteiger partial charge is 0.463 e. The van der Waals surface area contributed by atoms with Crippen molar-refractivity contribution in [1.29, 1.82) is 0 Å². The Bertz CT molecular complexity index is 668. The number of nitrogens with one attached hydrogen (secondary N) is 1. The van der Waals surface area contributed by atoms with E-state index in [0.29, 0.717) is 0 Å². The normalized spacial score (nSPS) is 17.7. The van der Waals surface area contributed by atoms with Gasteiger partial charge in [0.15, 0.2) is 0 Å². The lowest BCUT2D eigenvalue weighted by molar-refractivity contribution is 0.209. The molecule has 3 rings (SSSR count). The highest BCUT2D eigenvalue weighted by molar-refractivity contribution is 7.99. The molecule has 2 amide bonds. The van der Waals surface area contributed by atoms with Crippen LogP contribution in [0.15, 0.2) is 40.8 Å². The van der Waals surface area contributed by atoms with Crippen LogP contribution in [0.3, 0.4) is 0 Å². The molecule has 2 aromatic rings. The molecule has 1 aromatic carbocycles. The first-order valence-electron chi connectivity index (χ1n) is 7.52. The molecule has 116 valence electrons. The van der Waals surface area contributed by atoms with Crippen LogP contribution >= 0.6 is 11.8 Å². The van der Waals surface area contributed by atoms with Gasteiger partial charge in [-0.05, 0) is 37.1 Å². The average molecular weight is 316 g/mol. The number of aryl methyl sites for hydroxylation is 2. The van der Waals surface area contributed by atoms with Crippen molar-refractivity contribution in [2.75, 3.05) is 17.6 Å². The van der Waals surface area contributed by atoms with Gasteiger partial charge >= 0.3 is 6.03 Å². The van der Waals surface area contributed by atoms with Crippen molar-refractivity contribution in [3.8, 4) is 0 Å². The van der Waals surface area contributed by atoms with Crippen LogP contribution in [0.2, 0.25) is 0 Å². The van der Waals surface area contributed by atoms with Gasteiger partial charge in [0.1, 0.15) is 16.9 Å². The highest BCUT2D eigenvalue weighted by Gasteiger charge is 2.33. The van der Waals surface area contributed by atoms with Gasteiger partial charge in [-0.15, -0.1) is 11.8 Å². The van der Waals surface area contributed by atoms with Crippen molar-refractivity contribution >= 4 is 23.5 Å². The number of rotatable bonds is 3. The Morgan fingerprint density at radius 2 is 2.18 bits per heavy atom. The molecule has 0 bridgehead atoms. The summed E-state index contributed by atoms with van der Waals surface area (Å²) in [4.78, 5) is 14.5. The number of carbonyl (C=O) groups is 1. The molecule has 1 aromatic heterocycles. The van der Waals surface area contributed by atoms with Gasteiger partial charge in [0.25, 0.3) is 0 Å². The zero-order valence-corrected chi connectivity index (χ0v) is 13.7. The predicted molar refractivity (Wildman–Crippen MR) is 90.2 cm³/mol. The number of benzene rings is 1. The Kier molecular flexibility index (Phi) is 4.43. The Labute approximate surface area is 134 Å². The summed E-state index contributed by atoms with van der Waals surface area (Å²) in [6.07, 6.45) is 0.895. The number of urea groups is 1. The maximum absolute atomic E-state index is 12.6. The third-order valence-electron chi connectivity index (χ3n) is 3.80. The number of nitrogens with zero attached hydrogens (tertiary/aromatic N) is 1. The molecule has 1 fully saturated rings. The molecule has 4 nitrogen and oxygen atoms in total. The van der Waals surface area contributed by atoms with E-state index in [2.05, 4.69) is 12.2 Å². The van der Waals surface area contributed by atoms with Gasteiger partial charge in [0.2, 0.25) is 0 Å². The third kappa shape index (κ3) is 2.99. The van der Waals surface area contributed by atoms with Gasteiger partial charge in [-0.25, -0.2) is 4.79 Å². The molecule has 2 heterocycles. The highest BCUT2D eigenvalue weighted by Crippen LogP contribution is 2.38. The second-order valence-corrected chi connectivity index (χ2v) is 6.49. The Hall–Kier alpha value is -1.88. The first-order valence-corrected chi connectivity index (χ1v) is 8.57. The lowest BCUT2D eigenvalue weighted by Crippen LogP contribution is -2.34. The fourth-order valence-corrected chi connectivity index (χ4v) is 3.83. The van der Waals surface area contributed by atoms with Gasteiger partial charge in [-0.3, -0.25) is 0 Å². The zero-order valence-electron chi connectivity index (χ0n) is 12.8. The van der Waals surface area contributed by atoms with Crippen molar-refractivity contribution in [3.05, 3.63) is 53.5 Å². The van der Waals surface area contributed by atoms with E-state index in [1.54, 1.807) is 11.8 Å². The molecule has 1 saturated heterocycles. The number of para-hydroxylation sites is 1. The lowest BCUT2D eigenvalue weighted by atomic mass is 10.1. The number of furan rings is 1. The molecule has 1 aliphatic rings. The van der Waals surface area contributed by atoms with Gasteiger partial charge in [-0.1, -0.05) is 25.1 Å². The van der Waals surface area contributed by atoms with E-state index in [1.165, 1.54) is 0 Å². The van der Waals surface area contributed by atoms with Crippen LogP contribution in [0, 0.1) is 6.92 Å². The minimum Gasteiger partial charge on any atom is -0.463 e. The molecule has 0 saturated carbocycles. The molecule has 0 spiro atoms. The van der Waals surface area contributed by atoms with E-state index < -0.39 is 0 Å². The summed E-state index contributed by atoms with van der Waals surface area (Å²) in [5.41, 5.74) is 2.04. The number of anilines is 1. The molecule has 5 heteroatoms. The van der Waals surface area contributed by atoms with Crippen molar-refractivity contribution < 1.29 is 9.21 Å². The van der Waals surface area contributed by atoms with Crippen LogP contribution < -0.4 is 5.32 Å².